The van der Waals surface area contributed by atoms with Gasteiger partial charge in [-0.1, -0.05) is 97.1 Å². The van der Waals surface area contributed by atoms with Gasteiger partial charge in [0, 0.05) is 111 Å². The summed E-state index contributed by atoms with van der Waals surface area (Å²) in [5, 5.41) is 2.86. The molecule has 0 aliphatic carbocycles. The number of hydrogen-bond acceptors (Lipinski definition) is 4. The summed E-state index contributed by atoms with van der Waals surface area (Å²) in [6.45, 7) is 11.7. The van der Waals surface area contributed by atoms with Crippen LogP contribution in [0.5, 0.6) is 0 Å². The average molecular weight is 681 g/mol. The number of benzene rings is 4. The summed E-state index contributed by atoms with van der Waals surface area (Å²) in [7, 11) is 0. The fraction of sp³-hybridized carbons (Fsp3) is 0.364. The highest BCUT2D eigenvalue weighted by molar-refractivity contribution is 5.85. The Hall–Kier alpha value is -4.24. The second-order valence-electron chi connectivity index (χ2n) is 15.0. The first-order valence-electron chi connectivity index (χ1n) is 18.9. The first-order valence-corrected chi connectivity index (χ1v) is 18.9. The lowest BCUT2D eigenvalue weighted by Gasteiger charge is -2.44. The molecule has 0 spiro atoms. The molecule has 0 bridgehead atoms. The molecule has 2 unspecified atom stereocenters. The van der Waals surface area contributed by atoms with Gasteiger partial charge in [-0.3, -0.25) is 9.80 Å². The Morgan fingerprint density at radius 3 is 1.35 bits per heavy atom. The Balaban J connectivity index is 0.000000144. The average Bonchev–Trinajstić information content (AvgIpc) is 3.72. The maximum atomic E-state index is 3.65. The lowest BCUT2D eigenvalue weighted by Crippen LogP contribution is -2.55. The lowest BCUT2D eigenvalue weighted by atomic mass is 9.94. The van der Waals surface area contributed by atoms with Crippen LogP contribution in [-0.2, 0) is 38.8 Å². The van der Waals surface area contributed by atoms with Gasteiger partial charge in [0.15, 0.2) is 0 Å². The zero-order valence-corrected chi connectivity index (χ0v) is 29.7. The predicted molar refractivity (Wildman–Crippen MR) is 209 cm³/mol. The highest BCUT2D eigenvalue weighted by atomic mass is 16.0. The molecule has 2 fully saturated rings. The van der Waals surface area contributed by atoms with Crippen LogP contribution in [0.25, 0.3) is 21.8 Å². The van der Waals surface area contributed by atoms with E-state index in [1.165, 1.54) is 110 Å². The number of hydrogen-bond donors (Lipinski definition) is 2. The van der Waals surface area contributed by atoms with E-state index in [0.717, 1.165) is 25.9 Å². The van der Waals surface area contributed by atoms with Gasteiger partial charge in [0.2, 0.25) is 0 Å². The molecule has 0 saturated carbocycles. The van der Waals surface area contributed by atoms with Gasteiger partial charge in [-0.2, -0.15) is 0 Å². The SMILES string of the molecule is O.c1ccc(CCN2CCN3Cc4[nH]c5ccccc5c4CC3C2)cc1.c1ccc(CCN2CCN3Cc4[nH]c5ccccc5c4CC3C2)cc1. The summed E-state index contributed by atoms with van der Waals surface area (Å²) in [5.74, 6) is 0. The Bertz CT molecular complexity index is 1890. The van der Waals surface area contributed by atoms with Crippen molar-refractivity contribution in [1.82, 2.24) is 29.6 Å². The minimum Gasteiger partial charge on any atom is -0.412 e. The second-order valence-corrected chi connectivity index (χ2v) is 15.0. The van der Waals surface area contributed by atoms with Gasteiger partial charge in [0.25, 0.3) is 0 Å². The second kappa shape index (κ2) is 15.2. The molecule has 2 saturated heterocycles. The van der Waals surface area contributed by atoms with Crippen LogP contribution < -0.4 is 0 Å². The molecule has 6 heterocycles. The Labute approximate surface area is 302 Å². The number of rotatable bonds is 6. The monoisotopic (exact) mass is 680 g/mol. The predicted octanol–water partition coefficient (Wildman–Crippen LogP) is 6.08. The number of aromatic nitrogens is 2. The molecule has 4 aromatic carbocycles. The summed E-state index contributed by atoms with van der Waals surface area (Å²) in [6.07, 6.45) is 4.68. The van der Waals surface area contributed by atoms with Gasteiger partial charge in [-0.15, -0.1) is 0 Å². The van der Waals surface area contributed by atoms with Gasteiger partial charge in [-0.05, 0) is 60.1 Å². The molecule has 264 valence electrons. The standard InChI is InChI=1S/2C22H25N3.H2O/c2*1-2-6-17(7-3-1)10-11-24-12-13-25-16-22-20(14-18(25)15-24)19-8-4-5-9-21(19)23-22;/h2*1-9,18,23H,10-16H2;1H2. The van der Waals surface area contributed by atoms with Crippen LogP contribution in [0.3, 0.4) is 0 Å². The van der Waals surface area contributed by atoms with Gasteiger partial charge >= 0.3 is 0 Å². The number of para-hydroxylation sites is 2. The van der Waals surface area contributed by atoms with Crippen molar-refractivity contribution in [1.29, 1.82) is 0 Å². The first kappa shape index (κ1) is 33.9. The van der Waals surface area contributed by atoms with Gasteiger partial charge in [0.05, 0.1) is 0 Å². The van der Waals surface area contributed by atoms with Crippen molar-refractivity contribution in [3.8, 4) is 0 Å². The summed E-state index contributed by atoms with van der Waals surface area (Å²) < 4.78 is 0. The van der Waals surface area contributed by atoms with Crippen LogP contribution in [0.15, 0.2) is 109 Å². The Morgan fingerprint density at radius 1 is 0.490 bits per heavy atom. The van der Waals surface area contributed by atoms with Crippen molar-refractivity contribution >= 4 is 21.8 Å². The van der Waals surface area contributed by atoms with Crippen LogP contribution in [0.2, 0.25) is 0 Å². The number of H-pyrrole nitrogens is 2. The van der Waals surface area contributed by atoms with E-state index in [1.54, 1.807) is 11.1 Å². The molecule has 51 heavy (non-hydrogen) atoms. The molecule has 7 heteroatoms. The minimum absolute atomic E-state index is 0. The third-order valence-electron chi connectivity index (χ3n) is 11.9. The minimum atomic E-state index is 0. The number of aromatic amines is 2. The van der Waals surface area contributed by atoms with Crippen LogP contribution in [-0.4, -0.2) is 99.5 Å². The number of nitrogens with zero attached hydrogens (tertiary/aromatic N) is 4. The van der Waals surface area contributed by atoms with E-state index >= 15 is 0 Å². The van der Waals surface area contributed by atoms with Gasteiger partial charge in [0.1, 0.15) is 0 Å². The maximum absolute atomic E-state index is 3.65. The van der Waals surface area contributed by atoms with Crippen molar-refractivity contribution in [2.24, 2.45) is 0 Å². The van der Waals surface area contributed by atoms with Crippen molar-refractivity contribution in [3.05, 3.63) is 143 Å². The summed E-state index contributed by atoms with van der Waals surface area (Å²) in [6, 6.07) is 40.6. The van der Waals surface area contributed by atoms with E-state index in [2.05, 4.69) is 139 Å². The molecule has 4 aliphatic heterocycles. The van der Waals surface area contributed by atoms with Crippen LogP contribution in [0.4, 0.5) is 0 Å². The summed E-state index contributed by atoms with van der Waals surface area (Å²) in [5.41, 5.74) is 11.5. The summed E-state index contributed by atoms with van der Waals surface area (Å²) >= 11 is 0. The zero-order valence-electron chi connectivity index (χ0n) is 29.7. The van der Waals surface area contributed by atoms with Gasteiger partial charge < -0.3 is 25.2 Å². The highest BCUT2D eigenvalue weighted by Gasteiger charge is 2.34. The molecule has 4 aliphatic rings. The fourth-order valence-corrected chi connectivity index (χ4v) is 9.11. The third kappa shape index (κ3) is 7.27. The first-order chi connectivity index (χ1) is 24.7. The number of nitrogens with one attached hydrogen (secondary N) is 2. The van der Waals surface area contributed by atoms with Crippen molar-refractivity contribution in [2.75, 3.05) is 52.4 Å². The molecule has 2 atom stereocenters. The molecule has 6 aromatic rings. The number of fused-ring (bicyclic) bond motifs is 8. The van der Waals surface area contributed by atoms with Gasteiger partial charge in [-0.25, -0.2) is 0 Å². The molecule has 2 aromatic heterocycles. The van der Waals surface area contributed by atoms with Crippen LogP contribution in [0, 0.1) is 0 Å². The van der Waals surface area contributed by atoms with Crippen LogP contribution in [0.1, 0.15) is 33.6 Å². The topological polar surface area (TPSA) is 76.0 Å². The molecule has 0 radical (unpaired) electrons. The number of piperazine rings is 2. The normalized spacial score (nSPS) is 20.8. The maximum Gasteiger partial charge on any atom is 0.0459 e. The molecular formula is C44H52N6O. The molecule has 0 amide bonds. The molecule has 4 N–H and O–H groups in total. The van der Waals surface area contributed by atoms with E-state index in [1.807, 2.05) is 0 Å². The third-order valence-corrected chi connectivity index (χ3v) is 11.9. The molecular weight excluding hydrogens is 629 g/mol. The van der Waals surface area contributed by atoms with E-state index in [4.69, 9.17) is 0 Å². The lowest BCUT2D eigenvalue weighted by molar-refractivity contribution is 0.0607. The smallest absolute Gasteiger partial charge is 0.0459 e. The summed E-state index contributed by atoms with van der Waals surface area (Å²) in [4.78, 5) is 18.0. The zero-order chi connectivity index (χ0) is 33.3. The largest absolute Gasteiger partial charge is 0.412 e. The fourth-order valence-electron chi connectivity index (χ4n) is 9.11. The van der Waals surface area contributed by atoms with Crippen molar-refractivity contribution in [3.63, 3.8) is 0 Å². The van der Waals surface area contributed by atoms with E-state index in [9.17, 15) is 0 Å². The Morgan fingerprint density at radius 2 is 0.902 bits per heavy atom. The highest BCUT2D eigenvalue weighted by Crippen LogP contribution is 2.33. The molecule has 7 nitrogen and oxygen atoms in total. The van der Waals surface area contributed by atoms with Crippen molar-refractivity contribution in [2.45, 2.75) is 50.9 Å². The van der Waals surface area contributed by atoms with E-state index < -0.39 is 0 Å². The van der Waals surface area contributed by atoms with Crippen LogP contribution >= 0.6 is 0 Å². The Kier molecular flexibility index (Phi) is 10.1. The van der Waals surface area contributed by atoms with E-state index in [0.29, 0.717) is 12.1 Å². The van der Waals surface area contributed by atoms with Crippen molar-refractivity contribution < 1.29 is 5.48 Å². The molecule has 10 rings (SSSR count). The van der Waals surface area contributed by atoms with E-state index in [-0.39, 0.29) is 5.48 Å². The quantitative estimate of drug-likeness (QED) is 0.224.